The average molecular weight is 374 g/mol. The Morgan fingerprint density at radius 2 is 2.11 bits per heavy atom. The number of aryl methyl sites for hydroxylation is 1. The Balaban J connectivity index is 1.47. The predicted octanol–water partition coefficient (Wildman–Crippen LogP) is 4.58. The number of hydrogen-bond acceptors (Lipinski definition) is 4. The van der Waals surface area contributed by atoms with Crippen LogP contribution in [0.2, 0.25) is 0 Å². The van der Waals surface area contributed by atoms with Gasteiger partial charge in [-0.15, -0.1) is 0 Å². The minimum absolute atomic E-state index is 0.199. The van der Waals surface area contributed by atoms with Gasteiger partial charge in [0.25, 0.3) is 0 Å². The van der Waals surface area contributed by atoms with Crippen LogP contribution >= 0.6 is 0 Å². The van der Waals surface area contributed by atoms with Gasteiger partial charge in [-0.25, -0.2) is 4.39 Å². The highest BCUT2D eigenvalue weighted by Gasteiger charge is 2.29. The molecule has 1 aliphatic heterocycles. The fraction of sp³-hybridized carbons (Fsp3) is 0.136. The van der Waals surface area contributed by atoms with E-state index in [1.807, 2.05) is 43.3 Å². The van der Waals surface area contributed by atoms with Crippen molar-refractivity contribution in [3.63, 3.8) is 0 Å². The summed E-state index contributed by atoms with van der Waals surface area (Å²) < 4.78 is 13.3. The van der Waals surface area contributed by atoms with E-state index in [2.05, 4.69) is 20.6 Å². The number of hydrogen-bond donors (Lipinski definition) is 2. The van der Waals surface area contributed by atoms with Gasteiger partial charge in [-0.05, 0) is 60.5 Å². The van der Waals surface area contributed by atoms with Crippen LogP contribution in [0.4, 0.5) is 21.5 Å². The van der Waals surface area contributed by atoms with Crippen LogP contribution in [-0.4, -0.2) is 17.1 Å². The third-order valence-electron chi connectivity index (χ3n) is 4.66. The van der Waals surface area contributed by atoms with Gasteiger partial charge in [0.1, 0.15) is 11.7 Å². The molecule has 0 aliphatic carbocycles. The molecule has 0 saturated heterocycles. The lowest BCUT2D eigenvalue weighted by Crippen LogP contribution is -2.12. The normalized spacial score (nSPS) is 15.5. The van der Waals surface area contributed by atoms with E-state index in [4.69, 9.17) is 0 Å². The van der Waals surface area contributed by atoms with E-state index in [0.29, 0.717) is 12.2 Å². The van der Waals surface area contributed by atoms with Crippen LogP contribution in [0.5, 0.6) is 0 Å². The molecule has 0 saturated carbocycles. The molecule has 3 aromatic rings. The summed E-state index contributed by atoms with van der Waals surface area (Å²) in [5.74, 6) is -1.09. The number of amides is 1. The third kappa shape index (κ3) is 3.76. The fourth-order valence-electron chi connectivity index (χ4n) is 3.18. The van der Waals surface area contributed by atoms with Crippen LogP contribution in [0.3, 0.4) is 0 Å². The van der Waals surface area contributed by atoms with Crippen LogP contribution in [-0.2, 0) is 11.3 Å². The number of aliphatic imine (C=N–C) groups is 1. The van der Waals surface area contributed by atoms with Crippen molar-refractivity contribution in [2.45, 2.75) is 19.4 Å². The summed E-state index contributed by atoms with van der Waals surface area (Å²) in [4.78, 5) is 20.9. The van der Waals surface area contributed by atoms with E-state index in [1.54, 1.807) is 18.5 Å². The molecular formula is C22H19FN4O. The zero-order valence-corrected chi connectivity index (χ0v) is 15.3. The number of carbonyl (C=O) groups is 1. The van der Waals surface area contributed by atoms with Gasteiger partial charge >= 0.3 is 0 Å². The van der Waals surface area contributed by atoms with Gasteiger partial charge in [0, 0.05) is 23.8 Å². The molecule has 1 unspecified atom stereocenters. The Hall–Kier alpha value is -3.54. The topological polar surface area (TPSA) is 66.4 Å². The van der Waals surface area contributed by atoms with E-state index in [9.17, 15) is 9.18 Å². The third-order valence-corrected chi connectivity index (χ3v) is 4.66. The monoisotopic (exact) mass is 374 g/mol. The summed E-state index contributed by atoms with van der Waals surface area (Å²) in [6.45, 7) is 2.64. The van der Waals surface area contributed by atoms with Gasteiger partial charge in [0.15, 0.2) is 0 Å². The second-order valence-corrected chi connectivity index (χ2v) is 6.65. The number of rotatable bonds is 5. The lowest BCUT2D eigenvalue weighted by atomic mass is 10.0. The SMILES string of the molecule is Cc1cc(N=CC2C(=O)Nc3cc(F)ccc32)ccc1NCc1ccccn1. The maximum atomic E-state index is 13.3. The Bertz CT molecular complexity index is 1050. The molecule has 1 aromatic heterocycles. The summed E-state index contributed by atoms with van der Waals surface area (Å²) >= 11 is 0. The second kappa shape index (κ2) is 7.60. The number of nitrogens with zero attached hydrogens (tertiary/aromatic N) is 2. The highest BCUT2D eigenvalue weighted by atomic mass is 19.1. The first-order chi connectivity index (χ1) is 13.6. The Morgan fingerprint density at radius 3 is 2.89 bits per heavy atom. The highest BCUT2D eigenvalue weighted by Crippen LogP contribution is 2.32. The van der Waals surface area contributed by atoms with Gasteiger partial charge in [-0.2, -0.15) is 0 Å². The van der Waals surface area contributed by atoms with Crippen molar-refractivity contribution in [3.05, 3.63) is 83.4 Å². The van der Waals surface area contributed by atoms with Gasteiger partial charge in [0.05, 0.1) is 17.9 Å². The van der Waals surface area contributed by atoms with Crippen LogP contribution in [0.15, 0.2) is 65.8 Å². The molecule has 0 bridgehead atoms. The van der Waals surface area contributed by atoms with Gasteiger partial charge in [-0.1, -0.05) is 12.1 Å². The van der Waals surface area contributed by atoms with Crippen LogP contribution in [0.1, 0.15) is 22.7 Å². The van der Waals surface area contributed by atoms with Crippen molar-refractivity contribution in [2.75, 3.05) is 10.6 Å². The van der Waals surface area contributed by atoms with Crippen molar-refractivity contribution in [1.82, 2.24) is 4.98 Å². The molecule has 0 radical (unpaired) electrons. The smallest absolute Gasteiger partial charge is 0.237 e. The molecule has 140 valence electrons. The second-order valence-electron chi connectivity index (χ2n) is 6.65. The fourth-order valence-corrected chi connectivity index (χ4v) is 3.18. The van der Waals surface area contributed by atoms with E-state index >= 15 is 0 Å². The molecule has 1 aliphatic rings. The van der Waals surface area contributed by atoms with Gasteiger partial charge in [0.2, 0.25) is 5.91 Å². The standard InChI is InChI=1S/C22H19FN4O/c1-14-10-16(6-8-20(14)26-12-17-4-2-3-9-24-17)25-13-19-18-7-5-15(23)11-21(18)27-22(19)28/h2-11,13,19,26H,12H2,1H3,(H,27,28). The number of benzene rings is 2. The molecule has 2 heterocycles. The number of anilines is 2. The number of carbonyl (C=O) groups excluding carboxylic acids is 1. The van der Waals surface area contributed by atoms with Crippen molar-refractivity contribution >= 4 is 29.2 Å². The summed E-state index contributed by atoms with van der Waals surface area (Å²) in [5.41, 5.74) is 5.01. The van der Waals surface area contributed by atoms with Crippen LogP contribution in [0.25, 0.3) is 0 Å². The van der Waals surface area contributed by atoms with Crippen molar-refractivity contribution in [2.24, 2.45) is 4.99 Å². The number of nitrogens with one attached hydrogen (secondary N) is 2. The molecule has 0 spiro atoms. The van der Waals surface area contributed by atoms with Crippen LogP contribution in [0, 0.1) is 12.7 Å². The van der Waals surface area contributed by atoms with Gasteiger partial charge in [-0.3, -0.25) is 14.8 Å². The first-order valence-corrected chi connectivity index (χ1v) is 8.99. The van der Waals surface area contributed by atoms with Crippen LogP contribution < -0.4 is 10.6 Å². The van der Waals surface area contributed by atoms with E-state index in [1.165, 1.54) is 12.1 Å². The van der Waals surface area contributed by atoms with Crippen molar-refractivity contribution < 1.29 is 9.18 Å². The first-order valence-electron chi connectivity index (χ1n) is 8.99. The molecule has 2 N–H and O–H groups in total. The zero-order valence-electron chi connectivity index (χ0n) is 15.3. The lowest BCUT2D eigenvalue weighted by Gasteiger charge is -2.10. The maximum Gasteiger partial charge on any atom is 0.237 e. The Kier molecular flexibility index (Phi) is 4.85. The number of halogens is 1. The number of fused-ring (bicyclic) bond motifs is 1. The molecular weight excluding hydrogens is 355 g/mol. The molecule has 6 heteroatoms. The van der Waals surface area contributed by atoms with Crippen molar-refractivity contribution in [3.8, 4) is 0 Å². The van der Waals surface area contributed by atoms with Gasteiger partial charge < -0.3 is 10.6 Å². The summed E-state index contributed by atoms with van der Waals surface area (Å²) in [7, 11) is 0. The lowest BCUT2D eigenvalue weighted by molar-refractivity contribution is -0.115. The van der Waals surface area contributed by atoms with Crippen molar-refractivity contribution in [1.29, 1.82) is 0 Å². The predicted molar refractivity (Wildman–Crippen MR) is 109 cm³/mol. The molecule has 1 atom stereocenters. The number of pyridine rings is 1. The maximum absolute atomic E-state index is 13.3. The summed E-state index contributed by atoms with van der Waals surface area (Å²) in [5, 5.41) is 6.06. The highest BCUT2D eigenvalue weighted by molar-refractivity contribution is 6.12. The summed E-state index contributed by atoms with van der Waals surface area (Å²) in [6.07, 6.45) is 3.38. The Labute approximate surface area is 162 Å². The van der Waals surface area contributed by atoms with E-state index in [0.717, 1.165) is 28.2 Å². The molecule has 5 nitrogen and oxygen atoms in total. The minimum Gasteiger partial charge on any atom is -0.379 e. The largest absolute Gasteiger partial charge is 0.379 e. The molecule has 2 aromatic carbocycles. The molecule has 4 rings (SSSR count). The minimum atomic E-state index is -0.516. The number of aromatic nitrogens is 1. The Morgan fingerprint density at radius 1 is 1.21 bits per heavy atom. The average Bonchev–Trinajstić information content (AvgIpc) is 3.00. The van der Waals surface area contributed by atoms with E-state index < -0.39 is 5.92 Å². The molecule has 28 heavy (non-hydrogen) atoms. The zero-order chi connectivity index (χ0) is 19.5. The molecule has 1 amide bonds. The molecule has 0 fully saturated rings. The quantitative estimate of drug-likeness (QED) is 0.643. The summed E-state index contributed by atoms with van der Waals surface area (Å²) in [6, 6.07) is 15.9. The van der Waals surface area contributed by atoms with E-state index in [-0.39, 0.29) is 11.7 Å². The first kappa shape index (κ1) is 17.9.